The van der Waals surface area contributed by atoms with Crippen molar-refractivity contribution in [3.8, 4) is 23.8 Å². The van der Waals surface area contributed by atoms with Gasteiger partial charge in [0, 0.05) is 42.5 Å². The van der Waals surface area contributed by atoms with E-state index in [-0.39, 0.29) is 33.5 Å². The highest BCUT2D eigenvalue weighted by molar-refractivity contribution is 7.10. The number of rotatable bonds is 6. The molecule has 2 atom stereocenters. The first-order chi connectivity index (χ1) is 16.9. The van der Waals surface area contributed by atoms with E-state index >= 15 is 0 Å². The average Bonchev–Trinajstić information content (AvgIpc) is 3.29. The van der Waals surface area contributed by atoms with Gasteiger partial charge in [-0.3, -0.25) is 4.79 Å². The Bertz CT molecular complexity index is 1250. The van der Waals surface area contributed by atoms with Crippen LogP contribution in [-0.4, -0.2) is 59.0 Å². The van der Waals surface area contributed by atoms with Gasteiger partial charge in [-0.15, -0.1) is 30.9 Å². The lowest BCUT2D eigenvalue weighted by molar-refractivity contribution is -0.791. The summed E-state index contributed by atoms with van der Waals surface area (Å²) in [5, 5.41) is 1.42. The number of benzene rings is 1. The molecule has 1 N–H and O–H groups in total. The molecule has 2 heterocycles. The molecule has 2 unspecified atom stereocenters. The van der Waals surface area contributed by atoms with Gasteiger partial charge in [-0.1, -0.05) is 0 Å². The number of nitrogens with one attached hydrogen (secondary N) is 1. The fourth-order valence-corrected chi connectivity index (χ4v) is 5.17. The van der Waals surface area contributed by atoms with Gasteiger partial charge in [0.2, 0.25) is 0 Å². The fourth-order valence-electron chi connectivity index (χ4n) is 4.57. The number of halogens is 6. The number of likely N-dealkylation sites (tertiary alicyclic amines) is 1. The molecular weight excluding hydrogens is 528 g/mol. The SMILES string of the molecule is C#Cc1nc(C(=O)[NH+](c2cc(OC)cc(OC(F)(F)F)c2)C2(C)CC(C)(C)N(CC(F)(F)F)C2=O)cs1. The molecule has 14 heteroatoms. The highest BCUT2D eigenvalue weighted by Gasteiger charge is 2.63. The van der Waals surface area contributed by atoms with Crippen LogP contribution in [0.4, 0.5) is 32.0 Å². The fraction of sp³-hybridized carbons (Fsp3) is 0.435. The summed E-state index contributed by atoms with van der Waals surface area (Å²) in [5.41, 5.74) is -3.66. The van der Waals surface area contributed by atoms with Gasteiger partial charge in [-0.2, -0.15) is 13.2 Å². The van der Waals surface area contributed by atoms with Crippen LogP contribution in [0.1, 0.15) is 42.7 Å². The molecule has 7 nitrogen and oxygen atoms in total. The Kier molecular flexibility index (Phi) is 7.28. The number of carbonyl (C=O) groups excluding carboxylic acids is 2. The van der Waals surface area contributed by atoms with Gasteiger partial charge in [0.15, 0.2) is 16.2 Å². The number of thiazole rings is 1. The summed E-state index contributed by atoms with van der Waals surface area (Å²) in [6.45, 7) is 2.52. The van der Waals surface area contributed by atoms with E-state index in [0.29, 0.717) is 4.90 Å². The van der Waals surface area contributed by atoms with Crippen LogP contribution in [0.25, 0.3) is 0 Å². The monoisotopic (exact) mass is 550 g/mol. The van der Waals surface area contributed by atoms with E-state index in [1.807, 2.05) is 0 Å². The second-order valence-corrected chi connectivity index (χ2v) is 10.0. The molecule has 1 fully saturated rings. The molecule has 0 saturated carbocycles. The number of terminal acetylenes is 1. The molecule has 0 radical (unpaired) electrons. The molecule has 0 bridgehead atoms. The summed E-state index contributed by atoms with van der Waals surface area (Å²) < 4.78 is 88.1. The lowest BCUT2D eigenvalue weighted by atomic mass is 9.88. The third-order valence-corrected chi connectivity index (χ3v) is 6.62. The van der Waals surface area contributed by atoms with Crippen molar-refractivity contribution in [3.05, 3.63) is 34.3 Å². The first kappa shape index (κ1) is 28.3. The number of carbonyl (C=O) groups is 2. The van der Waals surface area contributed by atoms with Gasteiger partial charge in [0.1, 0.15) is 23.7 Å². The number of quaternary nitrogens is 1. The molecule has 1 aliphatic rings. The van der Waals surface area contributed by atoms with Crippen molar-refractivity contribution in [2.75, 3.05) is 13.7 Å². The van der Waals surface area contributed by atoms with Crippen LogP contribution in [0.15, 0.2) is 23.6 Å². The molecule has 37 heavy (non-hydrogen) atoms. The molecule has 0 aliphatic carbocycles. The van der Waals surface area contributed by atoms with Crippen LogP contribution in [0.2, 0.25) is 0 Å². The van der Waals surface area contributed by atoms with E-state index in [0.717, 1.165) is 30.6 Å². The topological polar surface area (TPSA) is 73.2 Å². The van der Waals surface area contributed by atoms with E-state index < -0.39 is 47.7 Å². The summed E-state index contributed by atoms with van der Waals surface area (Å²) in [7, 11) is 1.16. The highest BCUT2D eigenvalue weighted by atomic mass is 32.1. The van der Waals surface area contributed by atoms with Gasteiger partial charge in [-0.05, 0) is 19.8 Å². The summed E-state index contributed by atoms with van der Waals surface area (Å²) in [6.07, 6.45) is -4.76. The predicted molar refractivity (Wildman–Crippen MR) is 120 cm³/mol. The van der Waals surface area contributed by atoms with Gasteiger partial charge >= 0.3 is 18.4 Å². The zero-order valence-electron chi connectivity index (χ0n) is 20.0. The summed E-state index contributed by atoms with van der Waals surface area (Å²) in [4.78, 5) is 31.6. The van der Waals surface area contributed by atoms with Crippen molar-refractivity contribution >= 4 is 28.8 Å². The molecule has 1 saturated heterocycles. The Balaban J connectivity index is 2.23. The number of methoxy groups -OCH3 is 1. The van der Waals surface area contributed by atoms with Crippen LogP contribution >= 0.6 is 11.3 Å². The number of ether oxygens (including phenoxy) is 2. The van der Waals surface area contributed by atoms with Crippen molar-refractivity contribution in [2.45, 2.75) is 50.8 Å². The van der Waals surface area contributed by atoms with Crippen LogP contribution in [0, 0.1) is 12.3 Å². The maximum atomic E-state index is 13.8. The van der Waals surface area contributed by atoms with E-state index in [9.17, 15) is 35.9 Å². The molecule has 2 amide bonds. The first-order valence-corrected chi connectivity index (χ1v) is 11.5. The molecule has 0 spiro atoms. The van der Waals surface area contributed by atoms with Crippen molar-refractivity contribution < 1.29 is 50.3 Å². The molecule has 1 aliphatic heterocycles. The van der Waals surface area contributed by atoms with Crippen LogP contribution in [0.3, 0.4) is 0 Å². The van der Waals surface area contributed by atoms with Gasteiger partial charge in [-0.25, -0.2) is 14.7 Å². The van der Waals surface area contributed by atoms with Gasteiger partial charge in [0.25, 0.3) is 5.91 Å². The number of hydrogen-bond donors (Lipinski definition) is 1. The minimum absolute atomic E-state index is 0.122. The molecule has 1 aromatic carbocycles. The first-order valence-electron chi connectivity index (χ1n) is 10.6. The predicted octanol–water partition coefficient (Wildman–Crippen LogP) is 3.72. The normalized spacial score (nSPS) is 20.5. The molecule has 1 aromatic heterocycles. The second kappa shape index (κ2) is 9.53. The summed E-state index contributed by atoms with van der Waals surface area (Å²) in [6, 6.07) is 2.98. The van der Waals surface area contributed by atoms with Gasteiger partial charge in [0.05, 0.1) is 7.11 Å². The largest absolute Gasteiger partial charge is 0.573 e. The number of amides is 2. The Morgan fingerprint density at radius 3 is 2.32 bits per heavy atom. The Morgan fingerprint density at radius 1 is 1.19 bits per heavy atom. The van der Waals surface area contributed by atoms with Crippen molar-refractivity contribution in [1.82, 2.24) is 9.88 Å². The lowest BCUT2D eigenvalue weighted by Crippen LogP contribution is -3.19. The van der Waals surface area contributed by atoms with Crippen LogP contribution in [-0.2, 0) is 4.79 Å². The van der Waals surface area contributed by atoms with Crippen molar-refractivity contribution in [1.29, 1.82) is 0 Å². The van der Waals surface area contributed by atoms with Gasteiger partial charge < -0.3 is 14.4 Å². The van der Waals surface area contributed by atoms with E-state index in [4.69, 9.17) is 11.2 Å². The van der Waals surface area contributed by atoms with Crippen LogP contribution in [0.5, 0.6) is 11.5 Å². The maximum Gasteiger partial charge on any atom is 0.573 e. The minimum atomic E-state index is -5.09. The number of nitrogens with zero attached hydrogens (tertiary/aromatic N) is 2. The maximum absolute atomic E-state index is 13.8. The highest BCUT2D eigenvalue weighted by Crippen LogP contribution is 2.39. The number of alkyl halides is 6. The van der Waals surface area contributed by atoms with Crippen LogP contribution < -0.4 is 14.4 Å². The van der Waals surface area contributed by atoms with E-state index in [2.05, 4.69) is 15.6 Å². The van der Waals surface area contributed by atoms with Crippen molar-refractivity contribution in [3.63, 3.8) is 0 Å². The Labute approximate surface area is 212 Å². The summed E-state index contributed by atoms with van der Waals surface area (Å²) >= 11 is 0.936. The van der Waals surface area contributed by atoms with Crippen molar-refractivity contribution in [2.24, 2.45) is 0 Å². The zero-order chi connectivity index (χ0) is 28.0. The number of hydrogen-bond acceptors (Lipinski definition) is 6. The molecular formula is C23H22F6N3O4S+. The van der Waals surface area contributed by atoms with E-state index in [1.165, 1.54) is 32.2 Å². The standard InChI is InChI=1S/C23H21F6N3O4S/c1-6-17-30-16(10-37-17)18(33)32(13-7-14(35-5)9-15(8-13)36-23(27,28)29)21(4)11-20(2,3)31(19(21)34)12-22(24,25)26/h1,7-10H,11-12H2,2-5H3/p+1. The molecule has 2 aromatic rings. The third-order valence-electron chi connectivity index (χ3n) is 5.85. The molecule has 200 valence electrons. The second-order valence-electron chi connectivity index (χ2n) is 9.16. The number of aromatic nitrogens is 1. The Hall–Kier alpha value is -3.31. The minimum Gasteiger partial charge on any atom is -0.496 e. The lowest BCUT2D eigenvalue weighted by Gasteiger charge is -2.31. The zero-order valence-corrected chi connectivity index (χ0v) is 20.8. The quantitative estimate of drug-likeness (QED) is 0.439. The summed E-state index contributed by atoms with van der Waals surface area (Å²) in [5.74, 6) is -0.560. The average molecular weight is 551 g/mol. The third kappa shape index (κ3) is 5.99. The smallest absolute Gasteiger partial charge is 0.496 e. The Morgan fingerprint density at radius 2 is 1.81 bits per heavy atom. The molecule has 3 rings (SSSR count). The van der Waals surface area contributed by atoms with E-state index in [1.54, 1.807) is 0 Å².